The van der Waals surface area contributed by atoms with Crippen molar-refractivity contribution in [2.75, 3.05) is 18.4 Å². The van der Waals surface area contributed by atoms with Crippen LogP contribution < -0.4 is 10.6 Å². The smallest absolute Gasteiger partial charge is 0.323 e. The second-order valence-electron chi connectivity index (χ2n) is 5.19. The summed E-state index contributed by atoms with van der Waals surface area (Å²) in [6, 6.07) is 6.47. The quantitative estimate of drug-likeness (QED) is 0.740. The number of carbonyl (C=O) groups excluding carboxylic acids is 2. The van der Waals surface area contributed by atoms with Crippen LogP contribution in [0.2, 0.25) is 0 Å². The molecule has 1 rings (SSSR count). The number of nitrogens with zero attached hydrogens (tertiary/aromatic N) is 1. The molecule has 3 amide bonds. The minimum Gasteiger partial charge on any atom is -0.480 e. The fourth-order valence-electron chi connectivity index (χ4n) is 1.86. The molecule has 7 nitrogen and oxygen atoms in total. The molecule has 0 aliphatic heterocycles. The molecule has 0 aliphatic rings. The Hall–Kier alpha value is -2.57. The number of anilines is 1. The lowest BCUT2D eigenvalue weighted by Gasteiger charge is -2.25. The zero-order valence-electron chi connectivity index (χ0n) is 12.9. The molecule has 0 unspecified atom stereocenters. The Labute approximate surface area is 129 Å². The molecule has 0 spiro atoms. The fraction of sp³-hybridized carbons (Fsp3) is 0.400. The highest BCUT2D eigenvalue weighted by Crippen LogP contribution is 2.08. The molecule has 0 atom stereocenters. The first-order valence-corrected chi connectivity index (χ1v) is 6.92. The normalized spacial score (nSPS) is 10.2. The summed E-state index contributed by atoms with van der Waals surface area (Å²) < 4.78 is 0. The molecule has 7 heteroatoms. The van der Waals surface area contributed by atoms with E-state index in [1.165, 1.54) is 4.90 Å². The van der Waals surface area contributed by atoms with Gasteiger partial charge in [0.1, 0.15) is 6.54 Å². The Bertz CT molecular complexity index is 557. The molecule has 0 bridgehead atoms. The van der Waals surface area contributed by atoms with Gasteiger partial charge in [-0.05, 0) is 38.5 Å². The first-order chi connectivity index (χ1) is 10.3. The summed E-state index contributed by atoms with van der Waals surface area (Å²) in [4.78, 5) is 35.6. The zero-order valence-corrected chi connectivity index (χ0v) is 12.9. The highest BCUT2D eigenvalue weighted by Gasteiger charge is 2.20. The van der Waals surface area contributed by atoms with Crippen LogP contribution >= 0.6 is 0 Å². The largest absolute Gasteiger partial charge is 0.480 e. The molecule has 3 N–H and O–H groups in total. The molecule has 0 aromatic heterocycles. The summed E-state index contributed by atoms with van der Waals surface area (Å²) in [5, 5.41) is 13.8. The van der Waals surface area contributed by atoms with Gasteiger partial charge < -0.3 is 20.6 Å². The highest BCUT2D eigenvalue weighted by atomic mass is 16.4. The van der Waals surface area contributed by atoms with Crippen LogP contribution in [0.3, 0.4) is 0 Å². The van der Waals surface area contributed by atoms with E-state index < -0.39 is 24.5 Å². The number of amides is 3. The van der Waals surface area contributed by atoms with Crippen molar-refractivity contribution in [1.82, 2.24) is 10.2 Å². The molecule has 0 radical (unpaired) electrons. The van der Waals surface area contributed by atoms with Crippen LogP contribution in [0.4, 0.5) is 10.5 Å². The Balaban J connectivity index is 2.51. The van der Waals surface area contributed by atoms with E-state index in [1.54, 1.807) is 26.0 Å². The van der Waals surface area contributed by atoms with E-state index in [0.29, 0.717) is 5.69 Å². The van der Waals surface area contributed by atoms with E-state index in [0.717, 1.165) is 5.56 Å². The molecule has 22 heavy (non-hydrogen) atoms. The van der Waals surface area contributed by atoms with Gasteiger partial charge in [-0.2, -0.15) is 0 Å². The van der Waals surface area contributed by atoms with Crippen molar-refractivity contribution in [2.24, 2.45) is 0 Å². The highest BCUT2D eigenvalue weighted by molar-refractivity contribution is 5.92. The maximum absolute atomic E-state index is 12.0. The number of hydrogen-bond donors (Lipinski definition) is 3. The third-order valence-electron chi connectivity index (χ3n) is 2.93. The van der Waals surface area contributed by atoms with Crippen LogP contribution in [0.5, 0.6) is 0 Å². The van der Waals surface area contributed by atoms with Crippen LogP contribution in [-0.2, 0) is 9.59 Å². The minimum absolute atomic E-state index is 0.259. The topological polar surface area (TPSA) is 98.7 Å². The molecule has 1 aromatic rings. The Morgan fingerprint density at radius 2 is 1.95 bits per heavy atom. The maximum Gasteiger partial charge on any atom is 0.323 e. The molecular formula is C15H21N3O4. The van der Waals surface area contributed by atoms with Crippen molar-refractivity contribution in [1.29, 1.82) is 0 Å². The van der Waals surface area contributed by atoms with E-state index in [2.05, 4.69) is 10.6 Å². The number of aliphatic carboxylic acids is 1. The molecule has 0 fully saturated rings. The van der Waals surface area contributed by atoms with E-state index >= 15 is 0 Å². The average molecular weight is 307 g/mol. The number of rotatable bonds is 6. The van der Waals surface area contributed by atoms with Gasteiger partial charge in [-0.1, -0.05) is 12.1 Å². The van der Waals surface area contributed by atoms with Crippen molar-refractivity contribution < 1.29 is 19.5 Å². The van der Waals surface area contributed by atoms with E-state index in [4.69, 9.17) is 5.11 Å². The molecule has 0 saturated heterocycles. The van der Waals surface area contributed by atoms with Crippen LogP contribution in [0.1, 0.15) is 19.4 Å². The van der Waals surface area contributed by atoms with Crippen molar-refractivity contribution in [3.8, 4) is 0 Å². The van der Waals surface area contributed by atoms with Gasteiger partial charge >= 0.3 is 12.0 Å². The summed E-state index contributed by atoms with van der Waals surface area (Å²) in [5.74, 6) is -1.54. The fourth-order valence-corrected chi connectivity index (χ4v) is 1.86. The predicted molar refractivity (Wildman–Crippen MR) is 82.7 cm³/mol. The van der Waals surface area contributed by atoms with E-state index in [1.807, 2.05) is 19.1 Å². The molecule has 120 valence electrons. The number of carboxylic acid groups (broad SMARTS) is 1. The zero-order chi connectivity index (χ0) is 16.7. The number of benzene rings is 1. The lowest BCUT2D eigenvalue weighted by Crippen LogP contribution is -2.46. The SMILES string of the molecule is Cc1cccc(NC(=O)NCC(=O)N(CC(=O)O)C(C)C)c1. The summed E-state index contributed by atoms with van der Waals surface area (Å²) in [5.41, 5.74) is 1.62. The second-order valence-corrected chi connectivity index (χ2v) is 5.19. The molecule has 0 saturated carbocycles. The monoisotopic (exact) mass is 307 g/mol. The van der Waals surface area contributed by atoms with Gasteiger partial charge in [-0.25, -0.2) is 4.79 Å². The van der Waals surface area contributed by atoms with Gasteiger partial charge in [0, 0.05) is 11.7 Å². The van der Waals surface area contributed by atoms with Crippen LogP contribution in [-0.4, -0.2) is 47.0 Å². The van der Waals surface area contributed by atoms with Gasteiger partial charge in [0.25, 0.3) is 0 Å². The molecular weight excluding hydrogens is 286 g/mol. The van der Waals surface area contributed by atoms with Crippen molar-refractivity contribution >= 4 is 23.6 Å². The molecule has 0 aliphatic carbocycles. The van der Waals surface area contributed by atoms with Crippen LogP contribution in [0, 0.1) is 6.92 Å². The van der Waals surface area contributed by atoms with Gasteiger partial charge in [-0.15, -0.1) is 0 Å². The number of carbonyl (C=O) groups is 3. The minimum atomic E-state index is -1.09. The predicted octanol–water partition coefficient (Wildman–Crippen LogP) is 1.44. The van der Waals surface area contributed by atoms with Gasteiger partial charge in [0.05, 0.1) is 6.54 Å². The first kappa shape index (κ1) is 17.5. The van der Waals surface area contributed by atoms with Crippen LogP contribution in [0.15, 0.2) is 24.3 Å². The number of aryl methyl sites for hydroxylation is 1. The molecule has 1 aromatic carbocycles. The molecule has 0 heterocycles. The first-order valence-electron chi connectivity index (χ1n) is 6.92. The summed E-state index contributed by atoms with van der Waals surface area (Å²) in [7, 11) is 0. The standard InChI is InChI=1S/C15H21N3O4/c1-10(2)18(9-14(20)21)13(19)8-16-15(22)17-12-6-4-5-11(3)7-12/h4-7,10H,8-9H2,1-3H3,(H,20,21)(H2,16,17,22). The van der Waals surface area contributed by atoms with E-state index in [9.17, 15) is 14.4 Å². The van der Waals surface area contributed by atoms with Crippen LogP contribution in [0.25, 0.3) is 0 Å². The number of nitrogens with one attached hydrogen (secondary N) is 2. The third kappa shape index (κ3) is 5.82. The van der Waals surface area contributed by atoms with Gasteiger partial charge in [0.15, 0.2) is 0 Å². The summed E-state index contributed by atoms with van der Waals surface area (Å²) in [6.07, 6.45) is 0. The van der Waals surface area contributed by atoms with Gasteiger partial charge in [-0.3, -0.25) is 9.59 Å². The maximum atomic E-state index is 12.0. The van der Waals surface area contributed by atoms with E-state index in [-0.39, 0.29) is 12.6 Å². The summed E-state index contributed by atoms with van der Waals surface area (Å²) >= 11 is 0. The van der Waals surface area contributed by atoms with Crippen molar-refractivity contribution in [3.05, 3.63) is 29.8 Å². The Kier molecular flexibility index (Phi) is 6.37. The van der Waals surface area contributed by atoms with Crippen molar-refractivity contribution in [2.45, 2.75) is 26.8 Å². The third-order valence-corrected chi connectivity index (χ3v) is 2.93. The number of hydrogen-bond acceptors (Lipinski definition) is 3. The van der Waals surface area contributed by atoms with Gasteiger partial charge in [0.2, 0.25) is 5.91 Å². The summed E-state index contributed by atoms with van der Waals surface area (Å²) in [6.45, 7) is 4.68. The average Bonchev–Trinajstić information content (AvgIpc) is 2.41. The number of urea groups is 1. The number of carboxylic acids is 1. The second kappa shape index (κ2) is 8.02. The Morgan fingerprint density at radius 3 is 2.50 bits per heavy atom. The lowest BCUT2D eigenvalue weighted by atomic mass is 10.2. The van der Waals surface area contributed by atoms with Crippen molar-refractivity contribution in [3.63, 3.8) is 0 Å². The Morgan fingerprint density at radius 1 is 1.27 bits per heavy atom. The lowest BCUT2D eigenvalue weighted by molar-refractivity contribution is -0.145.